The van der Waals surface area contributed by atoms with Crippen molar-refractivity contribution in [3.8, 4) is 0 Å². The van der Waals surface area contributed by atoms with Gasteiger partial charge in [0, 0.05) is 13.1 Å². The summed E-state index contributed by atoms with van der Waals surface area (Å²) < 4.78 is 0. The average molecular weight is 155 g/mol. The summed E-state index contributed by atoms with van der Waals surface area (Å²) in [6, 6.07) is 0.479. The first-order valence-electron chi connectivity index (χ1n) is 4.23. The summed E-state index contributed by atoms with van der Waals surface area (Å²) in [6.45, 7) is 7.13. The largest absolute Gasteiger partial charge is 0.358 e. The van der Waals surface area contributed by atoms with Gasteiger partial charge in [0.1, 0.15) is 0 Å². The SMILES string of the molecule is CC1=NC(C)CN1CCCN. The van der Waals surface area contributed by atoms with Crippen LogP contribution in [0, 0.1) is 0 Å². The fourth-order valence-electron chi connectivity index (χ4n) is 1.43. The van der Waals surface area contributed by atoms with Crippen molar-refractivity contribution in [2.75, 3.05) is 19.6 Å². The normalized spacial score (nSPS) is 24.1. The van der Waals surface area contributed by atoms with Crippen molar-refractivity contribution in [1.29, 1.82) is 0 Å². The van der Waals surface area contributed by atoms with Crippen molar-refractivity contribution < 1.29 is 0 Å². The van der Waals surface area contributed by atoms with Crippen LogP contribution in [0.15, 0.2) is 4.99 Å². The van der Waals surface area contributed by atoms with Gasteiger partial charge in [-0.1, -0.05) is 0 Å². The molecule has 0 saturated carbocycles. The Morgan fingerprint density at radius 2 is 2.45 bits per heavy atom. The molecular weight excluding hydrogens is 138 g/mol. The molecule has 11 heavy (non-hydrogen) atoms. The Balaban J connectivity index is 2.32. The first-order valence-corrected chi connectivity index (χ1v) is 4.23. The molecule has 1 aliphatic rings. The lowest BCUT2D eigenvalue weighted by Gasteiger charge is -2.17. The molecule has 0 bridgehead atoms. The summed E-state index contributed by atoms with van der Waals surface area (Å²) in [7, 11) is 0. The van der Waals surface area contributed by atoms with E-state index < -0.39 is 0 Å². The third-order valence-electron chi connectivity index (χ3n) is 1.98. The number of hydrogen-bond donors (Lipinski definition) is 1. The van der Waals surface area contributed by atoms with Crippen LogP contribution in [-0.4, -0.2) is 36.4 Å². The van der Waals surface area contributed by atoms with Gasteiger partial charge in [0.25, 0.3) is 0 Å². The highest BCUT2D eigenvalue weighted by Crippen LogP contribution is 2.07. The van der Waals surface area contributed by atoms with Gasteiger partial charge < -0.3 is 10.6 Å². The fraction of sp³-hybridized carbons (Fsp3) is 0.875. The second-order valence-corrected chi connectivity index (χ2v) is 3.11. The predicted molar refractivity (Wildman–Crippen MR) is 47.8 cm³/mol. The molecule has 0 spiro atoms. The molecule has 0 saturated heterocycles. The third-order valence-corrected chi connectivity index (χ3v) is 1.98. The molecular formula is C8H17N3. The number of hydrogen-bond acceptors (Lipinski definition) is 3. The summed E-state index contributed by atoms with van der Waals surface area (Å²) in [4.78, 5) is 6.73. The van der Waals surface area contributed by atoms with E-state index in [-0.39, 0.29) is 0 Å². The van der Waals surface area contributed by atoms with E-state index in [0.717, 1.165) is 26.1 Å². The summed E-state index contributed by atoms with van der Waals surface area (Å²) >= 11 is 0. The number of nitrogens with two attached hydrogens (primary N) is 1. The van der Waals surface area contributed by atoms with E-state index in [1.54, 1.807) is 0 Å². The van der Waals surface area contributed by atoms with Crippen molar-refractivity contribution in [2.24, 2.45) is 10.7 Å². The number of amidine groups is 1. The van der Waals surface area contributed by atoms with E-state index in [9.17, 15) is 0 Å². The van der Waals surface area contributed by atoms with Crippen LogP contribution < -0.4 is 5.73 Å². The van der Waals surface area contributed by atoms with Crippen molar-refractivity contribution >= 4 is 5.84 Å². The summed E-state index contributed by atoms with van der Waals surface area (Å²) in [5, 5.41) is 0. The summed E-state index contributed by atoms with van der Waals surface area (Å²) in [5.74, 6) is 1.17. The van der Waals surface area contributed by atoms with Gasteiger partial charge in [-0.05, 0) is 26.8 Å². The minimum atomic E-state index is 0.479. The zero-order valence-corrected chi connectivity index (χ0v) is 7.38. The van der Waals surface area contributed by atoms with Gasteiger partial charge in [0.2, 0.25) is 0 Å². The van der Waals surface area contributed by atoms with Crippen molar-refractivity contribution in [3.63, 3.8) is 0 Å². The first kappa shape index (κ1) is 8.53. The maximum Gasteiger partial charge on any atom is 0.0962 e. The Kier molecular flexibility index (Phi) is 2.88. The molecule has 0 aliphatic carbocycles. The third kappa shape index (κ3) is 2.19. The molecule has 1 unspecified atom stereocenters. The predicted octanol–water partition coefficient (Wildman–Crippen LogP) is 0.458. The first-order chi connectivity index (χ1) is 5.24. The zero-order chi connectivity index (χ0) is 8.27. The van der Waals surface area contributed by atoms with Crippen LogP contribution in [0.4, 0.5) is 0 Å². The van der Waals surface area contributed by atoms with E-state index in [4.69, 9.17) is 5.73 Å². The van der Waals surface area contributed by atoms with Crippen LogP contribution >= 0.6 is 0 Å². The number of rotatable bonds is 3. The highest BCUT2D eigenvalue weighted by atomic mass is 15.2. The Labute approximate surface area is 68.3 Å². The van der Waals surface area contributed by atoms with Crippen LogP contribution in [0.1, 0.15) is 20.3 Å². The van der Waals surface area contributed by atoms with E-state index in [1.807, 2.05) is 0 Å². The van der Waals surface area contributed by atoms with E-state index in [0.29, 0.717) is 6.04 Å². The van der Waals surface area contributed by atoms with Gasteiger partial charge in [0.15, 0.2) is 0 Å². The Morgan fingerprint density at radius 3 is 2.91 bits per heavy atom. The van der Waals surface area contributed by atoms with Gasteiger partial charge in [-0.25, -0.2) is 0 Å². The van der Waals surface area contributed by atoms with Gasteiger partial charge in [-0.15, -0.1) is 0 Å². The molecule has 2 N–H and O–H groups in total. The smallest absolute Gasteiger partial charge is 0.0962 e. The topological polar surface area (TPSA) is 41.6 Å². The highest BCUT2D eigenvalue weighted by Gasteiger charge is 2.16. The molecule has 0 aromatic rings. The standard InChI is InChI=1S/C8H17N3/c1-7-6-11(5-3-4-9)8(2)10-7/h7H,3-6,9H2,1-2H3. The quantitative estimate of drug-likeness (QED) is 0.643. The molecule has 0 radical (unpaired) electrons. The molecule has 1 aliphatic heterocycles. The van der Waals surface area contributed by atoms with Crippen LogP contribution in [0.3, 0.4) is 0 Å². The molecule has 3 nitrogen and oxygen atoms in total. The highest BCUT2D eigenvalue weighted by molar-refractivity contribution is 5.81. The van der Waals surface area contributed by atoms with Crippen LogP contribution in [-0.2, 0) is 0 Å². The monoisotopic (exact) mass is 155 g/mol. The molecule has 1 heterocycles. The molecule has 0 aromatic heterocycles. The van der Waals surface area contributed by atoms with Crippen LogP contribution in [0.5, 0.6) is 0 Å². The average Bonchev–Trinajstić information content (AvgIpc) is 2.26. The molecule has 0 amide bonds. The maximum atomic E-state index is 5.42. The maximum absolute atomic E-state index is 5.42. The lowest BCUT2D eigenvalue weighted by molar-refractivity contribution is 0.423. The van der Waals surface area contributed by atoms with E-state index in [2.05, 4.69) is 23.7 Å². The number of aliphatic imine (C=N–C) groups is 1. The van der Waals surface area contributed by atoms with Gasteiger partial charge >= 0.3 is 0 Å². The van der Waals surface area contributed by atoms with Gasteiger partial charge in [-0.3, -0.25) is 4.99 Å². The van der Waals surface area contributed by atoms with Crippen molar-refractivity contribution in [2.45, 2.75) is 26.3 Å². The second-order valence-electron chi connectivity index (χ2n) is 3.11. The minimum Gasteiger partial charge on any atom is -0.358 e. The summed E-state index contributed by atoms with van der Waals surface area (Å²) in [6.07, 6.45) is 1.07. The summed E-state index contributed by atoms with van der Waals surface area (Å²) in [5.41, 5.74) is 5.42. The number of nitrogens with zero attached hydrogens (tertiary/aromatic N) is 2. The van der Waals surface area contributed by atoms with E-state index in [1.165, 1.54) is 5.84 Å². The lowest BCUT2D eigenvalue weighted by atomic mass is 10.3. The Bertz CT molecular complexity index is 153. The molecule has 0 aromatic carbocycles. The lowest BCUT2D eigenvalue weighted by Crippen LogP contribution is -2.29. The molecule has 0 fully saturated rings. The Hall–Kier alpha value is -0.570. The Morgan fingerprint density at radius 1 is 1.73 bits per heavy atom. The van der Waals surface area contributed by atoms with Gasteiger partial charge in [-0.2, -0.15) is 0 Å². The molecule has 1 atom stereocenters. The fourth-order valence-corrected chi connectivity index (χ4v) is 1.43. The molecule has 64 valence electrons. The van der Waals surface area contributed by atoms with Crippen molar-refractivity contribution in [3.05, 3.63) is 0 Å². The van der Waals surface area contributed by atoms with Crippen LogP contribution in [0.2, 0.25) is 0 Å². The molecule has 3 heteroatoms. The van der Waals surface area contributed by atoms with E-state index >= 15 is 0 Å². The van der Waals surface area contributed by atoms with Gasteiger partial charge in [0.05, 0.1) is 11.9 Å². The second kappa shape index (κ2) is 3.72. The van der Waals surface area contributed by atoms with Crippen molar-refractivity contribution in [1.82, 2.24) is 4.90 Å². The van der Waals surface area contributed by atoms with Crippen LogP contribution in [0.25, 0.3) is 0 Å². The molecule has 1 rings (SSSR count). The zero-order valence-electron chi connectivity index (χ0n) is 7.38. The minimum absolute atomic E-state index is 0.479.